The lowest BCUT2D eigenvalue weighted by Crippen LogP contribution is -2.37. The second-order valence-electron chi connectivity index (χ2n) is 4.70. The number of aromatic carboxylic acids is 1. The Bertz CT molecular complexity index is 583. The molecule has 1 aromatic rings. The van der Waals surface area contributed by atoms with Crippen molar-refractivity contribution in [3.05, 3.63) is 32.6 Å². The van der Waals surface area contributed by atoms with Gasteiger partial charge in [0.25, 0.3) is 5.56 Å². The van der Waals surface area contributed by atoms with Gasteiger partial charge in [0.1, 0.15) is 5.56 Å². The maximum absolute atomic E-state index is 11.8. The fraction of sp³-hybridized carbons (Fsp3) is 0.583. The average Bonchev–Trinajstić information content (AvgIpc) is 2.38. The van der Waals surface area contributed by atoms with Gasteiger partial charge in [-0.1, -0.05) is 0 Å². The third-order valence-corrected chi connectivity index (χ3v) is 3.59. The van der Waals surface area contributed by atoms with Crippen LogP contribution in [0, 0.1) is 5.92 Å². The highest BCUT2D eigenvalue weighted by Crippen LogP contribution is 2.26. The predicted molar refractivity (Wildman–Crippen MR) is 66.5 cm³/mol. The van der Waals surface area contributed by atoms with Gasteiger partial charge in [-0.25, -0.2) is 9.59 Å². The smallest absolute Gasteiger partial charge is 0.342 e. The highest BCUT2D eigenvalue weighted by atomic mass is 16.5. The molecule has 0 spiro atoms. The van der Waals surface area contributed by atoms with Crippen LogP contribution in [0.1, 0.15) is 36.2 Å². The van der Waals surface area contributed by atoms with E-state index >= 15 is 0 Å². The van der Waals surface area contributed by atoms with Gasteiger partial charge in [-0.2, -0.15) is 0 Å². The standard InChI is InChI=1S/C12H16N2O5/c1-7(8-2-4-19-5-3-8)14-6-9(11(16)17)10(15)13-12(14)18/h6-8H,2-5H2,1H3,(H,16,17)(H,13,15,18). The second-order valence-corrected chi connectivity index (χ2v) is 4.70. The highest BCUT2D eigenvalue weighted by Gasteiger charge is 2.24. The number of hydrogen-bond donors (Lipinski definition) is 2. The first-order valence-electron chi connectivity index (χ1n) is 6.17. The van der Waals surface area contributed by atoms with Gasteiger partial charge in [0.15, 0.2) is 0 Å². The SMILES string of the molecule is CC(C1CCOCC1)n1cc(C(=O)O)c(=O)[nH]c1=O. The fourth-order valence-corrected chi connectivity index (χ4v) is 2.37. The number of rotatable bonds is 3. The first-order chi connectivity index (χ1) is 9.00. The Morgan fingerprint density at radius 1 is 1.47 bits per heavy atom. The molecule has 0 radical (unpaired) electrons. The van der Waals surface area contributed by atoms with E-state index in [0.29, 0.717) is 13.2 Å². The molecule has 2 rings (SSSR count). The summed E-state index contributed by atoms with van der Waals surface area (Å²) in [6.07, 6.45) is 2.76. The Kier molecular flexibility index (Phi) is 3.84. The number of carboxylic acid groups (broad SMARTS) is 1. The van der Waals surface area contributed by atoms with E-state index in [1.807, 2.05) is 11.9 Å². The average molecular weight is 268 g/mol. The molecule has 0 saturated carbocycles. The number of nitrogens with zero attached hydrogens (tertiary/aromatic N) is 1. The molecule has 1 aliphatic rings. The minimum absolute atomic E-state index is 0.175. The maximum atomic E-state index is 11.8. The summed E-state index contributed by atoms with van der Waals surface area (Å²) in [5.74, 6) is -1.10. The molecule has 1 aromatic heterocycles. The fourth-order valence-electron chi connectivity index (χ4n) is 2.37. The molecule has 0 bridgehead atoms. The van der Waals surface area contributed by atoms with Crippen LogP contribution in [0.4, 0.5) is 0 Å². The van der Waals surface area contributed by atoms with Gasteiger partial charge in [-0.05, 0) is 25.7 Å². The first kappa shape index (κ1) is 13.5. The molecule has 0 aliphatic carbocycles. The number of hydrogen-bond acceptors (Lipinski definition) is 4. The van der Waals surface area contributed by atoms with Crippen molar-refractivity contribution in [3.8, 4) is 0 Å². The third-order valence-electron chi connectivity index (χ3n) is 3.59. The van der Waals surface area contributed by atoms with Crippen molar-refractivity contribution in [1.29, 1.82) is 0 Å². The van der Waals surface area contributed by atoms with Gasteiger partial charge >= 0.3 is 11.7 Å². The molecule has 2 heterocycles. The quantitative estimate of drug-likeness (QED) is 0.816. The van der Waals surface area contributed by atoms with Crippen molar-refractivity contribution in [2.75, 3.05) is 13.2 Å². The van der Waals surface area contributed by atoms with Crippen molar-refractivity contribution in [2.45, 2.75) is 25.8 Å². The summed E-state index contributed by atoms with van der Waals surface area (Å²) in [6, 6.07) is -0.175. The summed E-state index contributed by atoms with van der Waals surface area (Å²) in [5, 5.41) is 8.92. The molecule has 1 fully saturated rings. The monoisotopic (exact) mass is 268 g/mol. The van der Waals surface area contributed by atoms with Gasteiger partial charge in [0.2, 0.25) is 0 Å². The minimum atomic E-state index is -1.34. The third kappa shape index (κ3) is 2.76. The molecule has 104 valence electrons. The van der Waals surface area contributed by atoms with Crippen LogP contribution in [0.25, 0.3) is 0 Å². The Labute approximate surface area is 108 Å². The van der Waals surface area contributed by atoms with Gasteiger partial charge in [-0.3, -0.25) is 14.3 Å². The Morgan fingerprint density at radius 3 is 2.68 bits per heavy atom. The number of aromatic nitrogens is 2. The van der Waals surface area contributed by atoms with E-state index in [1.165, 1.54) is 4.57 Å². The van der Waals surface area contributed by atoms with Gasteiger partial charge in [0.05, 0.1) is 0 Å². The number of H-pyrrole nitrogens is 1. The van der Waals surface area contributed by atoms with Crippen molar-refractivity contribution < 1.29 is 14.6 Å². The topological polar surface area (TPSA) is 101 Å². The van der Waals surface area contributed by atoms with E-state index in [0.717, 1.165) is 19.0 Å². The summed E-state index contributed by atoms with van der Waals surface area (Å²) < 4.78 is 6.55. The molecule has 0 amide bonds. The number of aromatic amines is 1. The maximum Gasteiger partial charge on any atom is 0.342 e. The molecular weight excluding hydrogens is 252 g/mol. The second kappa shape index (κ2) is 5.40. The summed E-state index contributed by atoms with van der Waals surface area (Å²) in [4.78, 5) is 36.1. The van der Waals surface area contributed by atoms with Crippen LogP contribution in [0.15, 0.2) is 15.8 Å². The predicted octanol–water partition coefficient (Wildman–Crippen LogP) is 0.222. The lowest BCUT2D eigenvalue weighted by molar-refractivity contribution is 0.0504. The molecule has 1 atom stereocenters. The van der Waals surface area contributed by atoms with Crippen LogP contribution in [0.5, 0.6) is 0 Å². The summed E-state index contributed by atoms with van der Waals surface area (Å²) in [5.41, 5.74) is -1.86. The zero-order chi connectivity index (χ0) is 14.0. The Hall–Kier alpha value is -1.89. The van der Waals surface area contributed by atoms with Crippen LogP contribution >= 0.6 is 0 Å². The van der Waals surface area contributed by atoms with E-state index in [1.54, 1.807) is 0 Å². The van der Waals surface area contributed by atoms with E-state index in [2.05, 4.69) is 0 Å². The van der Waals surface area contributed by atoms with E-state index in [-0.39, 0.29) is 12.0 Å². The zero-order valence-electron chi connectivity index (χ0n) is 10.6. The number of ether oxygens (including phenoxy) is 1. The Balaban J connectivity index is 2.38. The highest BCUT2D eigenvalue weighted by molar-refractivity contribution is 5.86. The van der Waals surface area contributed by atoms with E-state index in [9.17, 15) is 14.4 Å². The molecule has 1 saturated heterocycles. The van der Waals surface area contributed by atoms with Gasteiger partial charge in [0, 0.05) is 25.5 Å². The number of carboxylic acids is 1. The summed E-state index contributed by atoms with van der Waals surface area (Å²) >= 11 is 0. The summed E-state index contributed by atoms with van der Waals surface area (Å²) in [7, 11) is 0. The van der Waals surface area contributed by atoms with Crippen molar-refractivity contribution in [2.24, 2.45) is 5.92 Å². The van der Waals surface area contributed by atoms with E-state index in [4.69, 9.17) is 9.84 Å². The van der Waals surface area contributed by atoms with Crippen LogP contribution in [-0.2, 0) is 4.74 Å². The first-order valence-corrected chi connectivity index (χ1v) is 6.17. The molecule has 7 nitrogen and oxygen atoms in total. The molecule has 1 unspecified atom stereocenters. The van der Waals surface area contributed by atoms with Crippen molar-refractivity contribution in [3.63, 3.8) is 0 Å². The lowest BCUT2D eigenvalue weighted by atomic mass is 9.93. The molecule has 7 heteroatoms. The molecule has 1 aliphatic heterocycles. The van der Waals surface area contributed by atoms with Crippen LogP contribution in [0.3, 0.4) is 0 Å². The van der Waals surface area contributed by atoms with Crippen LogP contribution < -0.4 is 11.2 Å². The molecular formula is C12H16N2O5. The largest absolute Gasteiger partial charge is 0.477 e. The van der Waals surface area contributed by atoms with Crippen LogP contribution in [-0.4, -0.2) is 33.8 Å². The summed E-state index contributed by atoms with van der Waals surface area (Å²) in [6.45, 7) is 3.12. The normalized spacial score (nSPS) is 18.2. The molecule has 2 N–H and O–H groups in total. The number of carbonyl (C=O) groups is 1. The zero-order valence-corrected chi connectivity index (χ0v) is 10.6. The lowest BCUT2D eigenvalue weighted by Gasteiger charge is -2.28. The van der Waals surface area contributed by atoms with Gasteiger partial charge in [-0.15, -0.1) is 0 Å². The minimum Gasteiger partial charge on any atom is -0.477 e. The Morgan fingerprint density at radius 2 is 2.11 bits per heavy atom. The molecule has 0 aromatic carbocycles. The van der Waals surface area contributed by atoms with E-state index < -0.39 is 22.8 Å². The van der Waals surface area contributed by atoms with Crippen LogP contribution in [0.2, 0.25) is 0 Å². The molecule has 19 heavy (non-hydrogen) atoms. The van der Waals surface area contributed by atoms with Crippen molar-refractivity contribution in [1.82, 2.24) is 9.55 Å². The number of nitrogens with one attached hydrogen (secondary N) is 1. The van der Waals surface area contributed by atoms with Gasteiger partial charge < -0.3 is 9.84 Å². The van der Waals surface area contributed by atoms with Crippen molar-refractivity contribution >= 4 is 5.97 Å².